The van der Waals surface area contributed by atoms with Gasteiger partial charge in [-0.3, -0.25) is 4.99 Å². The molecule has 2 aromatic rings. The highest BCUT2D eigenvalue weighted by Gasteiger charge is 1.92. The second kappa shape index (κ2) is 5.81. The van der Waals surface area contributed by atoms with Gasteiger partial charge in [0.1, 0.15) is 0 Å². The first kappa shape index (κ1) is 12.1. The summed E-state index contributed by atoms with van der Waals surface area (Å²) in [6, 6.07) is 14.5. The van der Waals surface area contributed by atoms with Crippen molar-refractivity contribution in [3.05, 3.63) is 54.1 Å². The quantitative estimate of drug-likeness (QED) is 0.334. The van der Waals surface area contributed by atoms with Crippen LogP contribution in [-0.4, -0.2) is 11.5 Å². The molecule has 0 aliphatic rings. The summed E-state index contributed by atoms with van der Waals surface area (Å²) in [5, 5.41) is 8.22. The van der Waals surface area contributed by atoms with Gasteiger partial charge in [-0.1, -0.05) is 12.1 Å². The minimum Gasteiger partial charge on any atom is -0.399 e. The van der Waals surface area contributed by atoms with Crippen LogP contribution in [0.2, 0.25) is 0 Å². The number of aliphatic imine (C=N–C) groups is 1. The van der Waals surface area contributed by atoms with Gasteiger partial charge in [-0.05, 0) is 42.0 Å². The summed E-state index contributed by atoms with van der Waals surface area (Å²) in [7, 11) is 0. The summed E-state index contributed by atoms with van der Waals surface area (Å²) in [4.78, 5) is 8.12. The van der Waals surface area contributed by atoms with Gasteiger partial charge in [-0.15, -0.1) is 4.99 Å². The molecule has 0 saturated carbocycles. The SMILES string of the molecule is Nc1ccc(N=Cc2ccc(NOO)cc2)cc1. The van der Waals surface area contributed by atoms with E-state index in [1.54, 1.807) is 30.5 Å². The molecular formula is C13H13N3O2. The Hall–Kier alpha value is -2.37. The standard InChI is InChI=1S/C13H13N3O2/c14-11-3-7-12(8-4-11)15-9-10-1-5-13(6-2-10)16-18-17/h1-9,16-17H,14H2. The number of nitrogen functional groups attached to an aromatic ring is 1. The highest BCUT2D eigenvalue weighted by atomic mass is 17.2. The number of rotatable bonds is 4. The van der Waals surface area contributed by atoms with E-state index in [1.165, 1.54) is 0 Å². The van der Waals surface area contributed by atoms with Gasteiger partial charge >= 0.3 is 0 Å². The highest BCUT2D eigenvalue weighted by Crippen LogP contribution is 2.14. The molecule has 18 heavy (non-hydrogen) atoms. The summed E-state index contributed by atoms with van der Waals surface area (Å²) in [5.41, 5.74) is 11.0. The Bertz CT molecular complexity index is 521. The third kappa shape index (κ3) is 3.31. The lowest BCUT2D eigenvalue weighted by molar-refractivity contribution is -0.215. The van der Waals surface area contributed by atoms with Gasteiger partial charge in [0.25, 0.3) is 0 Å². The van der Waals surface area contributed by atoms with E-state index in [1.807, 2.05) is 24.3 Å². The molecule has 5 heteroatoms. The predicted molar refractivity (Wildman–Crippen MR) is 71.9 cm³/mol. The van der Waals surface area contributed by atoms with Gasteiger partial charge in [0.2, 0.25) is 0 Å². The first-order chi connectivity index (χ1) is 8.78. The fraction of sp³-hybridized carbons (Fsp3) is 0. The van der Waals surface area contributed by atoms with Crippen molar-refractivity contribution in [2.75, 3.05) is 11.2 Å². The zero-order valence-corrected chi connectivity index (χ0v) is 9.58. The predicted octanol–water partition coefficient (Wildman–Crippen LogP) is 2.84. The number of nitrogens with one attached hydrogen (secondary N) is 1. The van der Waals surface area contributed by atoms with E-state index >= 15 is 0 Å². The van der Waals surface area contributed by atoms with E-state index in [9.17, 15) is 0 Å². The van der Waals surface area contributed by atoms with Crippen molar-refractivity contribution in [2.24, 2.45) is 4.99 Å². The van der Waals surface area contributed by atoms with Crippen molar-refractivity contribution < 1.29 is 10.2 Å². The van der Waals surface area contributed by atoms with E-state index in [0.717, 1.165) is 11.3 Å². The topological polar surface area (TPSA) is 79.9 Å². The molecule has 0 fully saturated rings. The molecule has 2 rings (SSSR count). The van der Waals surface area contributed by atoms with Gasteiger partial charge in [0.05, 0.1) is 11.4 Å². The van der Waals surface area contributed by atoms with Crippen molar-refractivity contribution in [1.29, 1.82) is 0 Å². The minimum atomic E-state index is 0.655. The Morgan fingerprint density at radius 3 is 2.33 bits per heavy atom. The highest BCUT2D eigenvalue weighted by molar-refractivity contribution is 5.82. The van der Waals surface area contributed by atoms with Gasteiger partial charge in [0.15, 0.2) is 0 Å². The van der Waals surface area contributed by atoms with Gasteiger partial charge in [0, 0.05) is 11.9 Å². The minimum absolute atomic E-state index is 0.655. The molecule has 0 amide bonds. The Morgan fingerprint density at radius 1 is 1.06 bits per heavy atom. The zero-order valence-electron chi connectivity index (χ0n) is 9.58. The number of benzene rings is 2. The van der Waals surface area contributed by atoms with Crippen molar-refractivity contribution >= 4 is 23.3 Å². The molecule has 0 bridgehead atoms. The molecule has 0 unspecified atom stereocenters. The molecule has 92 valence electrons. The van der Waals surface area contributed by atoms with Crippen molar-refractivity contribution in [1.82, 2.24) is 0 Å². The molecule has 0 radical (unpaired) electrons. The first-order valence-electron chi connectivity index (χ1n) is 5.34. The number of anilines is 2. The second-order valence-electron chi connectivity index (χ2n) is 3.67. The zero-order chi connectivity index (χ0) is 12.8. The Kier molecular flexibility index (Phi) is 3.90. The van der Waals surface area contributed by atoms with E-state index < -0.39 is 0 Å². The largest absolute Gasteiger partial charge is 0.399 e. The second-order valence-corrected chi connectivity index (χ2v) is 3.67. The van der Waals surface area contributed by atoms with Crippen LogP contribution in [0.5, 0.6) is 0 Å². The number of nitrogens with two attached hydrogens (primary N) is 1. The van der Waals surface area contributed by atoms with Crippen LogP contribution in [0.4, 0.5) is 17.1 Å². The number of nitrogens with zero attached hydrogens (tertiary/aromatic N) is 1. The Morgan fingerprint density at radius 2 is 1.72 bits per heavy atom. The smallest absolute Gasteiger partial charge is 0.0635 e. The first-order valence-corrected chi connectivity index (χ1v) is 5.34. The molecule has 0 spiro atoms. The fourth-order valence-electron chi connectivity index (χ4n) is 1.40. The lowest BCUT2D eigenvalue weighted by Gasteiger charge is -2.00. The molecule has 4 N–H and O–H groups in total. The summed E-state index contributed by atoms with van der Waals surface area (Å²) >= 11 is 0. The molecule has 0 heterocycles. The summed E-state index contributed by atoms with van der Waals surface area (Å²) in [5.74, 6) is 0. The molecule has 0 aromatic heterocycles. The average molecular weight is 243 g/mol. The lowest BCUT2D eigenvalue weighted by Crippen LogP contribution is -1.95. The van der Waals surface area contributed by atoms with Crippen molar-refractivity contribution in [3.63, 3.8) is 0 Å². The average Bonchev–Trinajstić information content (AvgIpc) is 2.40. The van der Waals surface area contributed by atoms with E-state index in [-0.39, 0.29) is 0 Å². The summed E-state index contributed by atoms with van der Waals surface area (Å²) in [6.45, 7) is 0. The summed E-state index contributed by atoms with van der Waals surface area (Å²) < 4.78 is 0. The van der Waals surface area contributed by atoms with Crippen molar-refractivity contribution in [3.8, 4) is 0 Å². The van der Waals surface area contributed by atoms with Crippen molar-refractivity contribution in [2.45, 2.75) is 0 Å². The maximum Gasteiger partial charge on any atom is 0.0635 e. The van der Waals surface area contributed by atoms with Gasteiger partial charge < -0.3 is 5.73 Å². The molecule has 5 nitrogen and oxygen atoms in total. The molecular weight excluding hydrogens is 230 g/mol. The van der Waals surface area contributed by atoms with Crippen LogP contribution >= 0.6 is 0 Å². The monoisotopic (exact) mass is 243 g/mol. The number of hydrogen-bond acceptors (Lipinski definition) is 5. The van der Waals surface area contributed by atoms with E-state index in [2.05, 4.69) is 15.5 Å². The maximum absolute atomic E-state index is 8.22. The third-order valence-corrected chi connectivity index (χ3v) is 2.33. The van der Waals surface area contributed by atoms with Crippen LogP contribution in [0.1, 0.15) is 5.56 Å². The lowest BCUT2D eigenvalue weighted by atomic mass is 10.2. The molecule has 0 aliphatic heterocycles. The van der Waals surface area contributed by atoms with Gasteiger partial charge in [-0.2, -0.15) is 0 Å². The van der Waals surface area contributed by atoms with Gasteiger partial charge in [-0.25, -0.2) is 10.7 Å². The molecule has 0 aliphatic carbocycles. The molecule has 0 atom stereocenters. The maximum atomic E-state index is 8.22. The summed E-state index contributed by atoms with van der Waals surface area (Å²) in [6.07, 6.45) is 1.75. The van der Waals surface area contributed by atoms with Crippen LogP contribution < -0.4 is 11.2 Å². The normalized spacial score (nSPS) is 10.7. The van der Waals surface area contributed by atoms with E-state index in [0.29, 0.717) is 11.4 Å². The van der Waals surface area contributed by atoms with Crippen LogP contribution in [-0.2, 0) is 4.99 Å². The fourth-order valence-corrected chi connectivity index (χ4v) is 1.40. The van der Waals surface area contributed by atoms with Crippen LogP contribution in [0.15, 0.2) is 53.5 Å². The third-order valence-electron chi connectivity index (χ3n) is 2.33. The number of hydrogen-bond donors (Lipinski definition) is 3. The van der Waals surface area contributed by atoms with Crippen LogP contribution in [0.3, 0.4) is 0 Å². The Balaban J connectivity index is 2.06. The molecule has 2 aromatic carbocycles. The van der Waals surface area contributed by atoms with Crippen LogP contribution in [0, 0.1) is 0 Å². The Labute approximate surface area is 104 Å². The molecule has 0 saturated heterocycles. The van der Waals surface area contributed by atoms with Crippen LogP contribution in [0.25, 0.3) is 0 Å². The van der Waals surface area contributed by atoms with E-state index in [4.69, 9.17) is 11.0 Å².